The number of carbonyl (C=O) groups is 1. The topological polar surface area (TPSA) is 61.4 Å². The fourth-order valence-electron chi connectivity index (χ4n) is 4.26. The van der Waals surface area contributed by atoms with Crippen LogP contribution in [0.4, 0.5) is 5.69 Å². The van der Waals surface area contributed by atoms with Crippen molar-refractivity contribution < 1.29 is 4.79 Å². The van der Waals surface area contributed by atoms with E-state index in [0.717, 1.165) is 72.1 Å². The molecule has 1 aliphatic heterocycles. The molecule has 3 heterocycles. The normalized spacial score (nSPS) is 14.7. The number of aromatic nitrogens is 2. The predicted octanol–water partition coefficient (Wildman–Crippen LogP) is 3.83. The highest BCUT2D eigenvalue weighted by atomic mass is 16.2. The number of hydrogen-bond donors (Lipinski definition) is 1. The Kier molecular flexibility index (Phi) is 5.69. The maximum Gasteiger partial charge on any atom is 0.253 e. The maximum absolute atomic E-state index is 12.9. The smallest absolute Gasteiger partial charge is 0.253 e. The number of anilines is 1. The molecular formula is C26H27N5O. The van der Waals surface area contributed by atoms with Crippen molar-refractivity contribution in [2.75, 3.05) is 45.1 Å². The molecule has 0 radical (unpaired) electrons. The third-order valence-electron chi connectivity index (χ3n) is 6.20. The highest BCUT2D eigenvalue weighted by Gasteiger charge is 2.20. The molecule has 1 saturated heterocycles. The zero-order valence-corrected chi connectivity index (χ0v) is 18.3. The van der Waals surface area contributed by atoms with Crippen LogP contribution < -0.4 is 5.32 Å². The van der Waals surface area contributed by atoms with Crippen LogP contribution in [0.2, 0.25) is 0 Å². The van der Waals surface area contributed by atoms with Gasteiger partial charge in [0, 0.05) is 49.9 Å². The molecule has 2 aromatic carbocycles. The molecule has 0 spiro atoms. The molecule has 0 bridgehead atoms. The van der Waals surface area contributed by atoms with E-state index in [9.17, 15) is 4.79 Å². The Labute approximate surface area is 187 Å². The first-order valence-electron chi connectivity index (χ1n) is 11.1. The van der Waals surface area contributed by atoms with Crippen LogP contribution >= 0.6 is 0 Å². The van der Waals surface area contributed by atoms with Gasteiger partial charge in [0.15, 0.2) is 0 Å². The molecule has 32 heavy (non-hydrogen) atoms. The molecule has 0 saturated carbocycles. The summed E-state index contributed by atoms with van der Waals surface area (Å²) >= 11 is 0. The van der Waals surface area contributed by atoms with E-state index < -0.39 is 0 Å². The molecule has 0 aliphatic carbocycles. The second-order valence-electron chi connectivity index (χ2n) is 8.43. The van der Waals surface area contributed by atoms with Crippen LogP contribution in [-0.2, 0) is 6.42 Å². The van der Waals surface area contributed by atoms with Gasteiger partial charge in [-0.1, -0.05) is 24.3 Å². The molecule has 1 amide bonds. The summed E-state index contributed by atoms with van der Waals surface area (Å²) in [6.07, 6.45) is 6.32. The molecule has 1 aliphatic rings. The Balaban J connectivity index is 1.26. The average Bonchev–Trinajstić information content (AvgIpc) is 2.84. The van der Waals surface area contributed by atoms with Gasteiger partial charge in [0.05, 0.1) is 23.6 Å². The van der Waals surface area contributed by atoms with Gasteiger partial charge >= 0.3 is 0 Å². The lowest BCUT2D eigenvalue weighted by molar-refractivity contribution is 0.0664. The van der Waals surface area contributed by atoms with Gasteiger partial charge in [0.25, 0.3) is 5.91 Å². The zero-order valence-electron chi connectivity index (χ0n) is 18.3. The molecule has 1 fully saturated rings. The summed E-state index contributed by atoms with van der Waals surface area (Å²) in [6, 6.07) is 16.5. The standard InChI is InChI=1S/C26H27N5O/c1-30-11-13-31(14-12-30)26(32)22-7-6-20-15-19(4-5-21(20)16-22)8-10-29-25-18-27-17-24-23(25)3-2-9-28-24/h2-7,9,15-18,29H,8,10-14H2,1H3. The Bertz CT molecular complexity index is 1260. The molecule has 0 unspecified atom stereocenters. The summed E-state index contributed by atoms with van der Waals surface area (Å²) in [7, 11) is 2.10. The number of rotatable bonds is 5. The third kappa shape index (κ3) is 4.27. The summed E-state index contributed by atoms with van der Waals surface area (Å²) in [5.41, 5.74) is 3.93. The van der Waals surface area contributed by atoms with Crippen LogP contribution in [0.1, 0.15) is 15.9 Å². The lowest BCUT2D eigenvalue weighted by Crippen LogP contribution is -2.47. The van der Waals surface area contributed by atoms with Gasteiger partial charge in [0.1, 0.15) is 0 Å². The Morgan fingerprint density at radius 3 is 2.69 bits per heavy atom. The van der Waals surface area contributed by atoms with Crippen molar-refractivity contribution in [2.45, 2.75) is 6.42 Å². The minimum Gasteiger partial charge on any atom is -0.383 e. The Morgan fingerprint density at radius 2 is 1.81 bits per heavy atom. The largest absolute Gasteiger partial charge is 0.383 e. The maximum atomic E-state index is 12.9. The molecule has 4 aromatic rings. The van der Waals surface area contributed by atoms with E-state index in [0.29, 0.717) is 0 Å². The van der Waals surface area contributed by atoms with Crippen LogP contribution in [0.5, 0.6) is 0 Å². The minimum absolute atomic E-state index is 0.131. The van der Waals surface area contributed by atoms with E-state index in [1.807, 2.05) is 29.3 Å². The van der Waals surface area contributed by atoms with E-state index in [4.69, 9.17) is 0 Å². The Hall–Kier alpha value is -3.51. The molecule has 162 valence electrons. The van der Waals surface area contributed by atoms with Crippen LogP contribution in [0.15, 0.2) is 67.1 Å². The van der Waals surface area contributed by atoms with E-state index in [1.54, 1.807) is 12.4 Å². The van der Waals surface area contributed by atoms with Crippen molar-refractivity contribution in [1.29, 1.82) is 0 Å². The highest BCUT2D eigenvalue weighted by molar-refractivity contribution is 5.98. The van der Waals surface area contributed by atoms with Crippen LogP contribution in [0, 0.1) is 0 Å². The molecule has 6 nitrogen and oxygen atoms in total. The molecule has 6 heteroatoms. The molecule has 5 rings (SSSR count). The van der Waals surface area contributed by atoms with Crippen molar-refractivity contribution >= 4 is 33.3 Å². The van der Waals surface area contributed by atoms with Gasteiger partial charge in [-0.25, -0.2) is 0 Å². The number of amides is 1. The monoisotopic (exact) mass is 425 g/mol. The van der Waals surface area contributed by atoms with E-state index in [-0.39, 0.29) is 5.91 Å². The van der Waals surface area contributed by atoms with Crippen LogP contribution in [-0.4, -0.2) is 65.4 Å². The molecular weight excluding hydrogens is 398 g/mol. The average molecular weight is 426 g/mol. The van der Waals surface area contributed by atoms with Crippen molar-refractivity contribution in [2.24, 2.45) is 0 Å². The van der Waals surface area contributed by atoms with Gasteiger partial charge < -0.3 is 15.1 Å². The number of pyridine rings is 2. The van der Waals surface area contributed by atoms with Gasteiger partial charge in [-0.3, -0.25) is 14.8 Å². The van der Waals surface area contributed by atoms with E-state index in [1.165, 1.54) is 5.56 Å². The molecule has 1 N–H and O–H groups in total. The van der Waals surface area contributed by atoms with Crippen molar-refractivity contribution in [3.05, 3.63) is 78.2 Å². The summed E-state index contributed by atoms with van der Waals surface area (Å²) in [5, 5.41) is 6.84. The second-order valence-corrected chi connectivity index (χ2v) is 8.43. The summed E-state index contributed by atoms with van der Waals surface area (Å²) in [4.78, 5) is 25.7. The zero-order chi connectivity index (χ0) is 21.9. The molecule has 2 aromatic heterocycles. The minimum atomic E-state index is 0.131. The highest BCUT2D eigenvalue weighted by Crippen LogP contribution is 2.22. The fraction of sp³-hybridized carbons (Fsp3) is 0.269. The van der Waals surface area contributed by atoms with Crippen molar-refractivity contribution in [3.8, 4) is 0 Å². The Morgan fingerprint density at radius 1 is 1.00 bits per heavy atom. The first-order chi connectivity index (χ1) is 15.7. The van der Waals surface area contributed by atoms with Crippen molar-refractivity contribution in [3.63, 3.8) is 0 Å². The van der Waals surface area contributed by atoms with Crippen molar-refractivity contribution in [1.82, 2.24) is 19.8 Å². The first kappa shape index (κ1) is 20.4. The van der Waals surface area contributed by atoms with Gasteiger partial charge in [-0.05, 0) is 54.1 Å². The SMILES string of the molecule is CN1CCN(C(=O)c2ccc3cc(CCNc4cncc5ncccc45)ccc3c2)CC1. The van der Waals surface area contributed by atoms with E-state index >= 15 is 0 Å². The second kappa shape index (κ2) is 8.93. The number of hydrogen-bond acceptors (Lipinski definition) is 5. The number of carbonyl (C=O) groups excluding carboxylic acids is 1. The van der Waals surface area contributed by atoms with E-state index in [2.05, 4.69) is 57.6 Å². The first-order valence-corrected chi connectivity index (χ1v) is 11.1. The lowest BCUT2D eigenvalue weighted by Gasteiger charge is -2.32. The number of benzene rings is 2. The van der Waals surface area contributed by atoms with Gasteiger partial charge in [0.2, 0.25) is 0 Å². The number of fused-ring (bicyclic) bond motifs is 2. The number of piperazine rings is 1. The van der Waals surface area contributed by atoms with Gasteiger partial charge in [-0.15, -0.1) is 0 Å². The van der Waals surface area contributed by atoms with Crippen LogP contribution in [0.3, 0.4) is 0 Å². The summed E-state index contributed by atoms with van der Waals surface area (Å²) in [6.45, 7) is 4.26. The number of likely N-dealkylation sites (N-methyl/N-ethyl adjacent to an activating group) is 1. The van der Waals surface area contributed by atoms with Crippen LogP contribution in [0.25, 0.3) is 21.7 Å². The van der Waals surface area contributed by atoms with Gasteiger partial charge in [-0.2, -0.15) is 0 Å². The molecule has 0 atom stereocenters. The number of nitrogens with one attached hydrogen (secondary N) is 1. The summed E-state index contributed by atoms with van der Waals surface area (Å²) in [5.74, 6) is 0.131. The predicted molar refractivity (Wildman–Crippen MR) is 129 cm³/mol. The lowest BCUT2D eigenvalue weighted by atomic mass is 10.0. The number of nitrogens with zero attached hydrogens (tertiary/aromatic N) is 4. The third-order valence-corrected chi connectivity index (χ3v) is 6.20. The summed E-state index contributed by atoms with van der Waals surface area (Å²) < 4.78 is 0. The quantitative estimate of drug-likeness (QED) is 0.527. The fourth-order valence-corrected chi connectivity index (χ4v) is 4.26.